The van der Waals surface area contributed by atoms with E-state index in [1.165, 1.54) is 0 Å². The van der Waals surface area contributed by atoms with Gasteiger partial charge in [-0.25, -0.2) is 0 Å². The van der Waals surface area contributed by atoms with E-state index in [1.807, 2.05) is 23.8 Å². The summed E-state index contributed by atoms with van der Waals surface area (Å²) in [5.41, 5.74) is 0. The third kappa shape index (κ3) is 22.4. The van der Waals surface area contributed by atoms with Gasteiger partial charge in [-0.1, -0.05) is 14.3 Å². The summed E-state index contributed by atoms with van der Waals surface area (Å²) in [6.07, 6.45) is 5.84. The van der Waals surface area contributed by atoms with Crippen LogP contribution in [0, 0.1) is 0 Å². The van der Waals surface area contributed by atoms with E-state index in [1.54, 1.807) is 11.9 Å². The van der Waals surface area contributed by atoms with Gasteiger partial charge < -0.3 is 24.6 Å². The van der Waals surface area contributed by atoms with Gasteiger partial charge in [0.1, 0.15) is 0 Å². The molecule has 1 rings (SSSR count). The summed E-state index contributed by atoms with van der Waals surface area (Å²) in [7, 11) is -3.63. The Morgan fingerprint density at radius 1 is 1.33 bits per heavy atom. The number of rotatable bonds is 0. The topological polar surface area (TPSA) is 107 Å². The zero-order valence-electron chi connectivity index (χ0n) is 6.15. The van der Waals surface area contributed by atoms with Crippen LogP contribution in [0.5, 0.6) is 0 Å². The molecule has 0 aliphatic carbocycles. The van der Waals surface area contributed by atoms with Crippen LogP contribution in [0.4, 0.5) is 0 Å². The quantitative estimate of drug-likeness (QED) is 0.294. The van der Waals surface area contributed by atoms with Crippen LogP contribution in [0.15, 0.2) is 23.8 Å². The van der Waals surface area contributed by atoms with E-state index < -0.39 is 8.25 Å². The number of hydrogen-bond acceptors (Lipinski definition) is 5. The molecule has 1 aliphatic heterocycles. The van der Waals surface area contributed by atoms with Gasteiger partial charge in [0.25, 0.3) is 0 Å². The van der Waals surface area contributed by atoms with Crippen molar-refractivity contribution in [3.05, 3.63) is 23.8 Å². The van der Waals surface area contributed by atoms with Crippen molar-refractivity contribution < 1.29 is 19.8 Å². The van der Waals surface area contributed by atoms with Crippen molar-refractivity contribution in [2.45, 2.75) is 0 Å². The molecule has 0 bridgehead atoms. The molecule has 12 heavy (non-hydrogen) atoms. The second-order valence-electron chi connectivity index (χ2n) is 1.17. The van der Waals surface area contributed by atoms with Gasteiger partial charge >= 0.3 is 23.1 Å². The van der Waals surface area contributed by atoms with Crippen LogP contribution >= 0.6 is 20.2 Å². The summed E-state index contributed by atoms with van der Waals surface area (Å²) in [6, 6.07) is 0. The molecule has 0 saturated carbocycles. The minimum Gasteiger partial charge on any atom is -0.813 e. The average molecular weight is 221 g/mol. The number of hydrogen-bond donors (Lipinski definition) is 1. The normalized spacial score (nSPS) is 11.6. The second-order valence-corrected chi connectivity index (χ2v) is 2.42. The monoisotopic (exact) mass is 221 g/mol. The molecular weight excluding hydrogens is 213 g/mol. The zero-order chi connectivity index (χ0) is 7.82. The van der Waals surface area contributed by atoms with Crippen LogP contribution in [0.3, 0.4) is 0 Å². The van der Waals surface area contributed by atoms with Crippen LogP contribution in [-0.4, -0.2) is 28.5 Å². The van der Waals surface area contributed by atoms with Crippen LogP contribution in [-0.2, 0) is 4.57 Å². The minimum atomic E-state index is -3.63. The molecule has 0 atom stereocenters. The largest absolute Gasteiger partial charge is 2.00 e. The molecule has 0 radical (unpaired) electrons. The Bertz CT molecular complexity index is 149. The minimum absolute atomic E-state index is 0. The summed E-state index contributed by atoms with van der Waals surface area (Å²) < 4.78 is 11.5. The van der Waals surface area contributed by atoms with E-state index in [9.17, 15) is 0 Å². The molecule has 66 valence electrons. The molecule has 1 aliphatic rings. The molecule has 5 nitrogen and oxygen atoms in total. The Labute approximate surface area is 91.5 Å². The maximum absolute atomic E-state index is 8.52. The predicted molar refractivity (Wildman–Crippen MR) is 47.4 cm³/mol. The maximum Gasteiger partial charge on any atom is 2.00 e. The van der Waals surface area contributed by atoms with Crippen molar-refractivity contribution in [3.8, 4) is 0 Å². The maximum atomic E-state index is 8.52. The summed E-state index contributed by atoms with van der Waals surface area (Å²) in [6.45, 7) is 0. The second kappa shape index (κ2) is 14.1. The third-order valence-electron chi connectivity index (χ3n) is 0.490. The molecule has 8 heteroatoms. The fraction of sp³-hybridized carbons (Fsp3) is 0. The molecule has 0 amide bonds. The smallest absolute Gasteiger partial charge is 0.813 e. The van der Waals surface area contributed by atoms with Gasteiger partial charge in [-0.15, -0.1) is 0 Å². The zero-order valence-corrected chi connectivity index (χ0v) is 9.38. The first kappa shape index (κ1) is 18.3. The first-order valence-electron chi connectivity index (χ1n) is 2.34. The van der Waals surface area contributed by atoms with Crippen molar-refractivity contribution in [1.82, 2.24) is 4.72 Å². The van der Waals surface area contributed by atoms with E-state index in [0.29, 0.717) is 0 Å². The molecule has 0 aromatic rings. The van der Waals surface area contributed by atoms with Gasteiger partial charge in [0.2, 0.25) is 0 Å². The van der Waals surface area contributed by atoms with E-state index >= 15 is 0 Å². The Hall–Kier alpha value is 0.506. The Kier molecular flexibility index (Phi) is 21.5. The Morgan fingerprint density at radius 3 is 1.92 bits per heavy atom. The van der Waals surface area contributed by atoms with Crippen molar-refractivity contribution in [1.29, 1.82) is 0 Å². The van der Waals surface area contributed by atoms with Gasteiger partial charge in [-0.05, 0) is 23.4 Å². The molecule has 0 aromatic carbocycles. The number of allylic oxidation sites excluding steroid dienone is 2. The van der Waals surface area contributed by atoms with Crippen molar-refractivity contribution >= 4 is 43.3 Å². The molecule has 3 N–H and O–H groups in total. The van der Waals surface area contributed by atoms with Gasteiger partial charge in [0, 0.05) is 6.20 Å². The standard InChI is InChI=1S/C4H5NS.Mg.H3O3P.H2O/c1-2-4-6-5-3-1;;1-4(2)3;/h1-5H;;4H,(H2,1,2,3);1H2/q;+2;;/p-2. The van der Waals surface area contributed by atoms with Crippen molar-refractivity contribution in [3.63, 3.8) is 0 Å². The SMILES string of the molecule is C1=CNSC=C1.O.O=[PH]([O-])[O-].[Mg+2]. The fourth-order valence-corrected chi connectivity index (χ4v) is 0.663. The van der Waals surface area contributed by atoms with Crippen molar-refractivity contribution in [2.75, 3.05) is 0 Å². The fourth-order valence-electron chi connectivity index (χ4n) is 0.258. The summed E-state index contributed by atoms with van der Waals surface area (Å²) in [5.74, 6) is 0. The summed E-state index contributed by atoms with van der Waals surface area (Å²) in [5, 5.41) is 1.99. The van der Waals surface area contributed by atoms with Crippen LogP contribution in [0.25, 0.3) is 0 Å². The van der Waals surface area contributed by atoms with Gasteiger partial charge in [0.15, 0.2) is 0 Å². The van der Waals surface area contributed by atoms with Crippen LogP contribution < -0.4 is 14.5 Å². The van der Waals surface area contributed by atoms with Gasteiger partial charge in [-0.2, -0.15) is 0 Å². The van der Waals surface area contributed by atoms with Crippen LogP contribution in [0.2, 0.25) is 0 Å². The van der Waals surface area contributed by atoms with Gasteiger partial charge in [-0.3, -0.25) is 0 Å². The molecule has 0 spiro atoms. The molecule has 0 saturated heterocycles. The van der Waals surface area contributed by atoms with Crippen LogP contribution in [0.1, 0.15) is 0 Å². The Morgan fingerprint density at radius 2 is 1.83 bits per heavy atom. The van der Waals surface area contributed by atoms with E-state index in [4.69, 9.17) is 14.4 Å². The van der Waals surface area contributed by atoms with Gasteiger partial charge in [0.05, 0.1) is 0 Å². The first-order chi connectivity index (χ1) is 4.73. The van der Waals surface area contributed by atoms with E-state index in [0.717, 1.165) is 0 Å². The predicted octanol–water partition coefficient (Wildman–Crippen LogP) is -1.84. The molecule has 0 aromatic heterocycles. The van der Waals surface area contributed by atoms with Crippen molar-refractivity contribution in [2.24, 2.45) is 0 Å². The number of nitrogens with one attached hydrogen (secondary N) is 1. The molecule has 0 unspecified atom stereocenters. The Balaban J connectivity index is -0.000000124. The summed E-state index contributed by atoms with van der Waals surface area (Å²) >= 11 is 1.58. The molecular formula is C4H8MgNO4PS. The molecule has 0 fully saturated rings. The first-order valence-corrected chi connectivity index (χ1v) is 4.45. The van der Waals surface area contributed by atoms with E-state index in [-0.39, 0.29) is 28.5 Å². The summed E-state index contributed by atoms with van der Waals surface area (Å²) in [4.78, 5) is 17.0. The average Bonchev–Trinajstić information content (AvgIpc) is 1.90. The third-order valence-corrected chi connectivity index (χ3v) is 1.06. The molecule has 1 heterocycles. The van der Waals surface area contributed by atoms with E-state index in [2.05, 4.69) is 4.72 Å².